The van der Waals surface area contributed by atoms with Crippen LogP contribution in [0.5, 0.6) is 0 Å². The number of hydrogen-bond acceptors (Lipinski definition) is 4. The molecule has 0 spiro atoms. The Morgan fingerprint density at radius 1 is 1.10 bits per heavy atom. The molecule has 3 aliphatic rings. The van der Waals surface area contributed by atoms with Crippen molar-refractivity contribution < 1.29 is 24.3 Å². The number of aromatic amines is 1. The highest BCUT2D eigenvalue weighted by Gasteiger charge is 2.50. The molecule has 3 aromatic rings. The number of carbonyl (C=O) groups excluding carboxylic acids is 3. The van der Waals surface area contributed by atoms with Crippen molar-refractivity contribution >= 4 is 34.6 Å². The van der Waals surface area contributed by atoms with Crippen molar-refractivity contribution in [3.05, 3.63) is 70.9 Å². The summed E-state index contributed by atoms with van der Waals surface area (Å²) >= 11 is 0. The minimum Gasteiger partial charge on any atom is -0.480 e. The van der Waals surface area contributed by atoms with Gasteiger partial charge in [0.2, 0.25) is 11.8 Å². The highest BCUT2D eigenvalue weighted by Crippen LogP contribution is 2.46. The Morgan fingerprint density at radius 3 is 2.62 bits per heavy atom. The maximum absolute atomic E-state index is 14.1. The van der Waals surface area contributed by atoms with Crippen molar-refractivity contribution in [3.8, 4) is 0 Å². The van der Waals surface area contributed by atoms with E-state index < -0.39 is 36.0 Å². The molecule has 1 aromatic heterocycles. The van der Waals surface area contributed by atoms with E-state index in [1.54, 1.807) is 11.0 Å². The average molecular weight is 529 g/mol. The molecule has 4 heterocycles. The minimum atomic E-state index is -1.03. The van der Waals surface area contributed by atoms with Crippen molar-refractivity contribution in [1.29, 1.82) is 0 Å². The lowest BCUT2D eigenvalue weighted by molar-refractivity contribution is -0.150. The molecule has 1 fully saturated rings. The summed E-state index contributed by atoms with van der Waals surface area (Å²) in [5.41, 5.74) is 4.27. The van der Waals surface area contributed by atoms with Crippen LogP contribution in [-0.2, 0) is 20.8 Å². The summed E-state index contributed by atoms with van der Waals surface area (Å²) in [6.07, 6.45) is 1.94. The molecule has 5 atom stereocenters. The number of benzene rings is 2. The first-order valence-electron chi connectivity index (χ1n) is 13.7. The zero-order chi connectivity index (χ0) is 27.4. The third-order valence-corrected chi connectivity index (χ3v) is 8.75. The van der Waals surface area contributed by atoms with Crippen molar-refractivity contribution in [1.82, 2.24) is 20.1 Å². The first-order valence-corrected chi connectivity index (χ1v) is 13.7. The molecule has 0 radical (unpaired) electrons. The number of rotatable bonds is 6. The predicted octanol–water partition coefficient (Wildman–Crippen LogP) is 3.24. The molecule has 2 aromatic carbocycles. The van der Waals surface area contributed by atoms with Gasteiger partial charge in [0, 0.05) is 35.1 Å². The van der Waals surface area contributed by atoms with Crippen LogP contribution in [-0.4, -0.2) is 68.3 Å². The fourth-order valence-corrected chi connectivity index (χ4v) is 6.54. The summed E-state index contributed by atoms with van der Waals surface area (Å²) in [7, 11) is 0. The van der Waals surface area contributed by atoms with Crippen LogP contribution in [0.2, 0.25) is 0 Å². The van der Waals surface area contributed by atoms with E-state index in [1.165, 1.54) is 4.90 Å². The van der Waals surface area contributed by atoms with Gasteiger partial charge in [0.25, 0.3) is 5.91 Å². The number of carbonyl (C=O) groups is 4. The molecular formula is C30H32N4O5. The first-order chi connectivity index (χ1) is 18.8. The lowest BCUT2D eigenvalue weighted by Gasteiger charge is -2.38. The monoisotopic (exact) mass is 528 g/mol. The van der Waals surface area contributed by atoms with E-state index in [4.69, 9.17) is 0 Å². The predicted molar refractivity (Wildman–Crippen MR) is 144 cm³/mol. The van der Waals surface area contributed by atoms with Gasteiger partial charge in [-0.3, -0.25) is 14.4 Å². The number of aliphatic carboxylic acids is 1. The molecule has 3 amide bonds. The molecule has 3 N–H and O–H groups in total. The molecule has 202 valence electrons. The fourth-order valence-electron chi connectivity index (χ4n) is 6.54. The number of para-hydroxylation sites is 1. The zero-order valence-electron chi connectivity index (χ0n) is 22.0. The van der Waals surface area contributed by atoms with Gasteiger partial charge in [-0.05, 0) is 42.0 Å². The number of carboxylic acids is 1. The van der Waals surface area contributed by atoms with Crippen LogP contribution in [0.25, 0.3) is 10.9 Å². The standard InChI is InChI=1S/C30H32N4O5/c1-3-16(2)24(29(37)33-14-8-13-22(33)30(38)39)32-27(35)23-15-20-17-9-6-7-12-21(17)31-25(20)26-18-10-4-5-11-19(18)28(36)34(23)26/h4-7,9-12,16,22-24,26,31H,3,8,13-15H2,1-2H3,(H,32,35)(H,38,39)/t16-,22-,23+,24+,26+/m1/s1. The van der Waals surface area contributed by atoms with Gasteiger partial charge in [-0.2, -0.15) is 0 Å². The van der Waals surface area contributed by atoms with Crippen molar-refractivity contribution in [2.45, 2.75) is 63.7 Å². The van der Waals surface area contributed by atoms with Crippen LogP contribution < -0.4 is 5.32 Å². The molecule has 0 aliphatic carbocycles. The highest BCUT2D eigenvalue weighted by atomic mass is 16.4. The van der Waals surface area contributed by atoms with E-state index in [0.29, 0.717) is 37.8 Å². The topological polar surface area (TPSA) is 123 Å². The minimum absolute atomic E-state index is 0.211. The van der Waals surface area contributed by atoms with Gasteiger partial charge < -0.3 is 25.2 Å². The third kappa shape index (κ3) is 3.90. The normalized spacial score (nSPS) is 23.2. The molecule has 0 bridgehead atoms. The number of nitrogens with one attached hydrogen (secondary N) is 2. The zero-order valence-corrected chi connectivity index (χ0v) is 22.0. The average Bonchev–Trinajstić information content (AvgIpc) is 3.65. The van der Waals surface area contributed by atoms with Crippen LogP contribution in [0.15, 0.2) is 48.5 Å². The lowest BCUT2D eigenvalue weighted by Crippen LogP contribution is -2.59. The summed E-state index contributed by atoms with van der Waals surface area (Å²) in [5, 5.41) is 13.6. The Kier molecular flexibility index (Phi) is 6.16. The Bertz CT molecular complexity index is 1500. The van der Waals surface area contributed by atoms with Gasteiger partial charge in [0.15, 0.2) is 0 Å². The molecule has 39 heavy (non-hydrogen) atoms. The summed E-state index contributed by atoms with van der Waals surface area (Å²) < 4.78 is 0. The summed E-state index contributed by atoms with van der Waals surface area (Å²) in [5.74, 6) is -2.24. The summed E-state index contributed by atoms with van der Waals surface area (Å²) in [6.45, 7) is 4.17. The van der Waals surface area contributed by atoms with Gasteiger partial charge in [-0.15, -0.1) is 0 Å². The van der Waals surface area contributed by atoms with Crippen LogP contribution in [0.4, 0.5) is 0 Å². The third-order valence-electron chi connectivity index (χ3n) is 8.75. The highest BCUT2D eigenvalue weighted by molar-refractivity contribution is 6.04. The van der Waals surface area contributed by atoms with E-state index in [0.717, 1.165) is 27.7 Å². The second kappa shape index (κ2) is 9.55. The molecule has 1 saturated heterocycles. The van der Waals surface area contributed by atoms with Crippen LogP contribution in [0, 0.1) is 5.92 Å². The number of amides is 3. The van der Waals surface area contributed by atoms with Crippen molar-refractivity contribution in [2.24, 2.45) is 5.92 Å². The molecule has 6 rings (SSSR count). The van der Waals surface area contributed by atoms with Gasteiger partial charge in [0.1, 0.15) is 18.1 Å². The molecule has 9 heteroatoms. The number of carboxylic acid groups (broad SMARTS) is 1. The maximum atomic E-state index is 14.1. The Hall–Kier alpha value is -4.14. The van der Waals surface area contributed by atoms with E-state index in [1.807, 2.05) is 56.3 Å². The SMILES string of the molecule is CC[C@@H](C)[C@H](NC(=O)[C@@H]1Cc2c([nH]c3ccccc23)[C@@H]2c3ccccc3C(=O)N21)C(=O)N1CCC[C@@H]1C(=O)O. The van der Waals surface area contributed by atoms with Crippen molar-refractivity contribution in [2.75, 3.05) is 6.54 Å². The van der Waals surface area contributed by atoms with E-state index in [-0.39, 0.29) is 17.7 Å². The Balaban J connectivity index is 1.37. The number of H-pyrrole nitrogens is 1. The van der Waals surface area contributed by atoms with Crippen LogP contribution in [0.1, 0.15) is 66.3 Å². The van der Waals surface area contributed by atoms with Crippen LogP contribution >= 0.6 is 0 Å². The largest absolute Gasteiger partial charge is 0.480 e. The van der Waals surface area contributed by atoms with Gasteiger partial charge in [-0.1, -0.05) is 56.7 Å². The van der Waals surface area contributed by atoms with Crippen LogP contribution in [0.3, 0.4) is 0 Å². The smallest absolute Gasteiger partial charge is 0.326 e. The molecule has 3 aliphatic heterocycles. The summed E-state index contributed by atoms with van der Waals surface area (Å²) in [6, 6.07) is 12.3. The lowest BCUT2D eigenvalue weighted by atomic mass is 9.89. The number of hydrogen-bond donors (Lipinski definition) is 3. The quantitative estimate of drug-likeness (QED) is 0.453. The van der Waals surface area contributed by atoms with Crippen molar-refractivity contribution in [3.63, 3.8) is 0 Å². The van der Waals surface area contributed by atoms with E-state index in [2.05, 4.69) is 10.3 Å². The van der Waals surface area contributed by atoms with Gasteiger partial charge in [0.05, 0.1) is 6.04 Å². The molecule has 9 nitrogen and oxygen atoms in total. The maximum Gasteiger partial charge on any atom is 0.326 e. The number of nitrogens with zero attached hydrogens (tertiary/aromatic N) is 2. The van der Waals surface area contributed by atoms with E-state index >= 15 is 0 Å². The first kappa shape index (κ1) is 25.2. The molecular weight excluding hydrogens is 496 g/mol. The van der Waals surface area contributed by atoms with Gasteiger partial charge >= 0.3 is 5.97 Å². The Morgan fingerprint density at radius 2 is 1.85 bits per heavy atom. The summed E-state index contributed by atoms with van der Waals surface area (Å²) in [4.78, 5) is 59.7. The molecule has 0 saturated carbocycles. The van der Waals surface area contributed by atoms with E-state index in [9.17, 15) is 24.3 Å². The van der Waals surface area contributed by atoms with Gasteiger partial charge in [-0.25, -0.2) is 4.79 Å². The second-order valence-electron chi connectivity index (χ2n) is 10.9. The fraction of sp³-hybridized carbons (Fsp3) is 0.400. The number of fused-ring (bicyclic) bond motifs is 7. The Labute approximate surface area is 226 Å². The molecule has 0 unspecified atom stereocenters. The number of aromatic nitrogens is 1. The second-order valence-corrected chi connectivity index (χ2v) is 10.9. The number of likely N-dealkylation sites (tertiary alicyclic amines) is 1.